The zero-order valence-electron chi connectivity index (χ0n) is 11.4. The Bertz CT molecular complexity index is 399. The van der Waals surface area contributed by atoms with Crippen molar-refractivity contribution in [2.75, 3.05) is 26.8 Å². The first kappa shape index (κ1) is 15.6. The second-order valence-corrected chi connectivity index (χ2v) is 4.42. The monoisotopic (exact) mass is 268 g/mol. The van der Waals surface area contributed by atoms with E-state index in [0.29, 0.717) is 25.1 Å². The van der Waals surface area contributed by atoms with Crippen molar-refractivity contribution in [1.29, 1.82) is 0 Å². The topological polar surface area (TPSA) is 50.4 Å². The van der Waals surface area contributed by atoms with Gasteiger partial charge in [0.15, 0.2) is 0 Å². The number of methoxy groups -OCH3 is 1. The summed E-state index contributed by atoms with van der Waals surface area (Å²) >= 11 is 0. The lowest BCUT2D eigenvalue weighted by Crippen LogP contribution is -2.39. The van der Waals surface area contributed by atoms with Gasteiger partial charge in [0, 0.05) is 19.7 Å². The summed E-state index contributed by atoms with van der Waals surface area (Å²) in [5.41, 5.74) is 0.655. The largest absolute Gasteiger partial charge is 0.383 e. The van der Waals surface area contributed by atoms with Crippen molar-refractivity contribution in [2.24, 2.45) is 0 Å². The maximum Gasteiger partial charge on any atom is 0.234 e. The van der Waals surface area contributed by atoms with Crippen LogP contribution in [0.2, 0.25) is 0 Å². The summed E-state index contributed by atoms with van der Waals surface area (Å²) in [7, 11) is 1.58. The van der Waals surface area contributed by atoms with Gasteiger partial charge in [-0.05, 0) is 25.0 Å². The summed E-state index contributed by atoms with van der Waals surface area (Å²) in [6.45, 7) is 3.14. The smallest absolute Gasteiger partial charge is 0.234 e. The Hall–Kier alpha value is -1.46. The molecule has 106 valence electrons. The molecular formula is C14H21FN2O2. The highest BCUT2D eigenvalue weighted by Gasteiger charge is 2.08. The van der Waals surface area contributed by atoms with Crippen LogP contribution in [0.1, 0.15) is 12.5 Å². The molecule has 1 amide bonds. The zero-order chi connectivity index (χ0) is 14.1. The Morgan fingerprint density at radius 2 is 2.16 bits per heavy atom. The maximum atomic E-state index is 13.4. The van der Waals surface area contributed by atoms with Crippen molar-refractivity contribution in [2.45, 2.75) is 19.4 Å². The van der Waals surface area contributed by atoms with Crippen LogP contribution in [0.5, 0.6) is 0 Å². The third kappa shape index (κ3) is 6.31. The summed E-state index contributed by atoms with van der Waals surface area (Å²) < 4.78 is 18.3. The molecule has 1 aromatic rings. The average molecular weight is 268 g/mol. The van der Waals surface area contributed by atoms with Gasteiger partial charge in [0.2, 0.25) is 5.91 Å². The van der Waals surface area contributed by atoms with Crippen LogP contribution < -0.4 is 10.6 Å². The summed E-state index contributed by atoms with van der Waals surface area (Å²) in [5.74, 6) is -0.293. The van der Waals surface area contributed by atoms with E-state index >= 15 is 0 Å². The van der Waals surface area contributed by atoms with Crippen LogP contribution in [0.15, 0.2) is 24.3 Å². The Labute approximate surface area is 113 Å². The summed E-state index contributed by atoms with van der Waals surface area (Å²) in [6, 6.07) is 6.71. The van der Waals surface area contributed by atoms with E-state index in [2.05, 4.69) is 10.6 Å². The van der Waals surface area contributed by atoms with E-state index in [4.69, 9.17) is 4.74 Å². The third-order valence-electron chi connectivity index (χ3n) is 2.72. The minimum Gasteiger partial charge on any atom is -0.383 e. The molecule has 1 aromatic carbocycles. The van der Waals surface area contributed by atoms with Gasteiger partial charge < -0.3 is 15.4 Å². The maximum absolute atomic E-state index is 13.4. The van der Waals surface area contributed by atoms with Crippen LogP contribution in [0.4, 0.5) is 4.39 Å². The second-order valence-electron chi connectivity index (χ2n) is 4.42. The SMILES string of the molecule is COCCNC(=O)CNC(C)Cc1ccccc1F. The zero-order valence-corrected chi connectivity index (χ0v) is 11.4. The number of hydrogen-bond donors (Lipinski definition) is 2. The van der Waals surface area contributed by atoms with Crippen LogP contribution in [0.25, 0.3) is 0 Å². The average Bonchev–Trinajstić information content (AvgIpc) is 2.39. The highest BCUT2D eigenvalue weighted by molar-refractivity contribution is 5.77. The number of nitrogens with one attached hydrogen (secondary N) is 2. The molecule has 0 aliphatic rings. The van der Waals surface area contributed by atoms with E-state index in [-0.39, 0.29) is 24.3 Å². The van der Waals surface area contributed by atoms with Gasteiger partial charge in [-0.25, -0.2) is 4.39 Å². The first-order valence-corrected chi connectivity index (χ1v) is 6.36. The van der Waals surface area contributed by atoms with Crippen molar-refractivity contribution in [3.05, 3.63) is 35.6 Å². The number of halogens is 1. The fraction of sp³-hybridized carbons (Fsp3) is 0.500. The van der Waals surface area contributed by atoms with E-state index in [1.54, 1.807) is 19.2 Å². The predicted molar refractivity (Wildman–Crippen MR) is 72.5 cm³/mol. The fourth-order valence-corrected chi connectivity index (χ4v) is 1.69. The van der Waals surface area contributed by atoms with Gasteiger partial charge in [0.1, 0.15) is 5.82 Å². The molecule has 0 fully saturated rings. The summed E-state index contributed by atoms with van der Waals surface area (Å²) in [6.07, 6.45) is 0.554. The molecule has 1 atom stereocenters. The molecule has 0 saturated heterocycles. The Balaban J connectivity index is 2.26. The van der Waals surface area contributed by atoms with Gasteiger partial charge in [-0.3, -0.25) is 4.79 Å². The molecule has 0 heterocycles. The first-order chi connectivity index (χ1) is 9.13. The van der Waals surface area contributed by atoms with Crippen LogP contribution >= 0.6 is 0 Å². The predicted octanol–water partition coefficient (Wildman–Crippen LogP) is 1.11. The minimum absolute atomic E-state index is 0.0325. The number of rotatable bonds is 8. The number of hydrogen-bond acceptors (Lipinski definition) is 3. The van der Waals surface area contributed by atoms with Crippen LogP contribution in [-0.2, 0) is 16.0 Å². The van der Waals surface area contributed by atoms with E-state index in [1.807, 2.05) is 13.0 Å². The number of amides is 1. The van der Waals surface area contributed by atoms with E-state index in [9.17, 15) is 9.18 Å². The molecular weight excluding hydrogens is 247 g/mol. The molecule has 2 N–H and O–H groups in total. The first-order valence-electron chi connectivity index (χ1n) is 6.36. The van der Waals surface area contributed by atoms with Crippen molar-refractivity contribution >= 4 is 5.91 Å². The molecule has 19 heavy (non-hydrogen) atoms. The molecule has 0 spiro atoms. The van der Waals surface area contributed by atoms with Gasteiger partial charge in [-0.2, -0.15) is 0 Å². The normalized spacial score (nSPS) is 12.2. The number of carbonyl (C=O) groups is 1. The summed E-state index contributed by atoms with van der Waals surface area (Å²) in [5, 5.41) is 5.78. The molecule has 5 heteroatoms. The Morgan fingerprint density at radius 3 is 2.84 bits per heavy atom. The Kier molecular flexibility index (Phi) is 7.07. The van der Waals surface area contributed by atoms with Crippen molar-refractivity contribution in [3.8, 4) is 0 Å². The molecule has 0 saturated carbocycles. The van der Waals surface area contributed by atoms with Gasteiger partial charge in [0.25, 0.3) is 0 Å². The minimum atomic E-state index is -0.208. The van der Waals surface area contributed by atoms with Crippen molar-refractivity contribution in [1.82, 2.24) is 10.6 Å². The van der Waals surface area contributed by atoms with Crippen LogP contribution in [-0.4, -0.2) is 38.8 Å². The summed E-state index contributed by atoms with van der Waals surface area (Å²) in [4.78, 5) is 11.4. The molecule has 0 aliphatic carbocycles. The van der Waals surface area contributed by atoms with E-state index in [1.165, 1.54) is 6.07 Å². The lowest BCUT2D eigenvalue weighted by atomic mass is 10.1. The molecule has 0 aliphatic heterocycles. The second kappa shape index (κ2) is 8.61. The third-order valence-corrected chi connectivity index (χ3v) is 2.72. The standard InChI is InChI=1S/C14H21FN2O2/c1-11(9-12-5-3-4-6-13(12)15)17-10-14(18)16-7-8-19-2/h3-6,11,17H,7-10H2,1-2H3,(H,16,18). The molecule has 1 rings (SSSR count). The van der Waals surface area contributed by atoms with Crippen molar-refractivity contribution < 1.29 is 13.9 Å². The van der Waals surface area contributed by atoms with Crippen LogP contribution in [0, 0.1) is 5.82 Å². The fourth-order valence-electron chi connectivity index (χ4n) is 1.69. The van der Waals surface area contributed by atoms with E-state index < -0.39 is 0 Å². The van der Waals surface area contributed by atoms with Crippen LogP contribution in [0.3, 0.4) is 0 Å². The number of ether oxygens (including phenoxy) is 1. The van der Waals surface area contributed by atoms with E-state index in [0.717, 1.165) is 0 Å². The number of carbonyl (C=O) groups excluding carboxylic acids is 1. The van der Waals surface area contributed by atoms with Gasteiger partial charge in [0.05, 0.1) is 13.2 Å². The van der Waals surface area contributed by atoms with Crippen molar-refractivity contribution in [3.63, 3.8) is 0 Å². The Morgan fingerprint density at radius 1 is 1.42 bits per heavy atom. The molecule has 0 radical (unpaired) electrons. The highest BCUT2D eigenvalue weighted by Crippen LogP contribution is 2.08. The lowest BCUT2D eigenvalue weighted by Gasteiger charge is -2.14. The van der Waals surface area contributed by atoms with Gasteiger partial charge >= 0.3 is 0 Å². The molecule has 1 unspecified atom stereocenters. The van der Waals surface area contributed by atoms with Gasteiger partial charge in [-0.1, -0.05) is 18.2 Å². The molecule has 0 aromatic heterocycles. The molecule has 0 bridgehead atoms. The number of benzene rings is 1. The van der Waals surface area contributed by atoms with Gasteiger partial charge in [-0.15, -0.1) is 0 Å². The quantitative estimate of drug-likeness (QED) is 0.694. The highest BCUT2D eigenvalue weighted by atomic mass is 19.1. The lowest BCUT2D eigenvalue weighted by molar-refractivity contribution is -0.120. The molecule has 4 nitrogen and oxygen atoms in total.